The number of hydrogen-bond acceptors (Lipinski definition) is 6. The first-order chi connectivity index (χ1) is 16.6. The highest BCUT2D eigenvalue weighted by Gasteiger charge is 2.52. The quantitative estimate of drug-likeness (QED) is 0.120. The lowest BCUT2D eigenvalue weighted by Crippen LogP contribution is -2.64. The molecule has 1 aliphatic heterocycles. The lowest BCUT2D eigenvalue weighted by Gasteiger charge is -2.45. The molecule has 1 amide bonds. The molecule has 35 heavy (non-hydrogen) atoms. The van der Waals surface area contributed by atoms with E-state index in [1.54, 1.807) is 24.3 Å². The van der Waals surface area contributed by atoms with Gasteiger partial charge in [-0.1, -0.05) is 68.2 Å². The summed E-state index contributed by atoms with van der Waals surface area (Å²) < 4.78 is 37.0. The molecule has 1 aliphatic rings. The van der Waals surface area contributed by atoms with Gasteiger partial charge in [0, 0.05) is 13.2 Å². The van der Waals surface area contributed by atoms with E-state index in [4.69, 9.17) is 4.74 Å². The van der Waals surface area contributed by atoms with E-state index in [1.165, 1.54) is 25.9 Å². The predicted molar refractivity (Wildman–Crippen MR) is 137 cm³/mol. The first-order valence-corrected chi connectivity index (χ1v) is 13.7. The molecule has 0 aliphatic carbocycles. The zero-order valence-corrected chi connectivity index (χ0v) is 22.3. The smallest absolute Gasteiger partial charge is 0.330 e. The van der Waals surface area contributed by atoms with Gasteiger partial charge in [0.15, 0.2) is 0 Å². The summed E-state index contributed by atoms with van der Waals surface area (Å²) in [6, 6.07) is 8.59. The molecule has 0 bridgehead atoms. The van der Waals surface area contributed by atoms with E-state index < -0.39 is 15.9 Å². The second-order valence-electron chi connectivity index (χ2n) is 9.50. The summed E-state index contributed by atoms with van der Waals surface area (Å²) >= 11 is 0. The topological polar surface area (TPSA) is 90.0 Å². The molecule has 0 spiro atoms. The summed E-state index contributed by atoms with van der Waals surface area (Å²) in [5.41, 5.74) is 2.72. The van der Waals surface area contributed by atoms with Gasteiger partial charge in [0.05, 0.1) is 31.4 Å². The van der Waals surface area contributed by atoms with Crippen molar-refractivity contribution >= 4 is 21.9 Å². The first-order valence-electron chi connectivity index (χ1n) is 12.1. The fourth-order valence-corrected chi connectivity index (χ4v) is 6.51. The van der Waals surface area contributed by atoms with Crippen LogP contribution >= 0.6 is 0 Å². The average molecular weight is 506 g/mol. The Hall–Kier alpha value is -2.45. The van der Waals surface area contributed by atoms with E-state index in [0.29, 0.717) is 17.9 Å². The normalized spacial score (nSPS) is 19.9. The van der Waals surface area contributed by atoms with Gasteiger partial charge < -0.3 is 9.47 Å². The van der Waals surface area contributed by atoms with Crippen LogP contribution in [0.25, 0.3) is 0 Å². The number of carbonyl (C=O) groups is 2. The van der Waals surface area contributed by atoms with Gasteiger partial charge in [-0.05, 0) is 43.7 Å². The van der Waals surface area contributed by atoms with Gasteiger partial charge in [0.2, 0.25) is 15.9 Å². The number of esters is 1. The van der Waals surface area contributed by atoms with Gasteiger partial charge in [0.1, 0.15) is 0 Å². The number of nitrogens with zero attached hydrogens (tertiary/aromatic N) is 1. The van der Waals surface area contributed by atoms with E-state index in [0.717, 1.165) is 35.6 Å². The van der Waals surface area contributed by atoms with E-state index in [1.807, 2.05) is 19.1 Å². The van der Waals surface area contributed by atoms with Gasteiger partial charge in [-0.15, -0.1) is 0 Å². The van der Waals surface area contributed by atoms with E-state index >= 15 is 0 Å². The van der Waals surface area contributed by atoms with Crippen molar-refractivity contribution < 1.29 is 27.5 Å². The molecule has 1 aromatic rings. The molecule has 0 radical (unpaired) electrons. The fraction of sp³-hybridized carbons (Fsp3) is 0.556. The highest BCUT2D eigenvalue weighted by molar-refractivity contribution is 7.89. The second kappa shape index (κ2) is 13.6. The van der Waals surface area contributed by atoms with Crippen LogP contribution in [0.15, 0.2) is 53.6 Å². The minimum absolute atomic E-state index is 0.178. The van der Waals surface area contributed by atoms with Crippen molar-refractivity contribution in [3.05, 3.63) is 59.2 Å². The third kappa shape index (κ3) is 8.61. The van der Waals surface area contributed by atoms with Gasteiger partial charge in [-0.2, -0.15) is 0 Å². The number of ether oxygens (including phenoxy) is 2. The SMILES string of the molecule is COC[C@@H]1C(=O)N(S(=O)(=O)Cc2ccccc2)[C@@H]1CCCC[C@@H](C)C/C(C)=C/C(C)=C/C(=O)OC. The summed E-state index contributed by atoms with van der Waals surface area (Å²) in [7, 11) is -0.842. The minimum atomic E-state index is -3.74. The van der Waals surface area contributed by atoms with Crippen molar-refractivity contribution in [2.24, 2.45) is 11.8 Å². The van der Waals surface area contributed by atoms with Gasteiger partial charge in [-0.3, -0.25) is 4.79 Å². The number of carbonyl (C=O) groups excluding carboxylic acids is 2. The molecule has 0 aromatic heterocycles. The van der Waals surface area contributed by atoms with Crippen LogP contribution in [0.3, 0.4) is 0 Å². The summed E-state index contributed by atoms with van der Waals surface area (Å²) in [5.74, 6) is -0.856. The van der Waals surface area contributed by atoms with E-state index in [-0.39, 0.29) is 30.3 Å². The summed E-state index contributed by atoms with van der Waals surface area (Å²) in [4.78, 5) is 24.0. The van der Waals surface area contributed by atoms with Crippen LogP contribution < -0.4 is 0 Å². The van der Waals surface area contributed by atoms with Gasteiger partial charge in [-0.25, -0.2) is 17.5 Å². The number of rotatable bonds is 14. The monoisotopic (exact) mass is 505 g/mol. The maximum atomic E-state index is 13.0. The number of sulfonamides is 1. The van der Waals surface area contributed by atoms with Gasteiger partial charge >= 0.3 is 5.97 Å². The van der Waals surface area contributed by atoms with Crippen molar-refractivity contribution in [2.45, 2.75) is 64.7 Å². The lowest BCUT2D eigenvalue weighted by molar-refractivity contribution is -0.150. The maximum Gasteiger partial charge on any atom is 0.330 e. The van der Waals surface area contributed by atoms with E-state index in [2.05, 4.69) is 18.6 Å². The number of hydrogen-bond donors (Lipinski definition) is 0. The maximum absolute atomic E-state index is 13.0. The highest BCUT2D eigenvalue weighted by atomic mass is 32.2. The summed E-state index contributed by atoms with van der Waals surface area (Å²) in [6.07, 6.45) is 7.80. The molecule has 1 saturated heterocycles. The second-order valence-corrected chi connectivity index (χ2v) is 11.3. The third-order valence-electron chi connectivity index (χ3n) is 6.28. The molecule has 0 N–H and O–H groups in total. The lowest BCUT2D eigenvalue weighted by atomic mass is 9.86. The molecule has 1 aromatic carbocycles. The fourth-order valence-electron chi connectivity index (χ4n) is 4.68. The van der Waals surface area contributed by atoms with Crippen molar-refractivity contribution in [3.8, 4) is 0 Å². The molecule has 1 heterocycles. The molecule has 1 fully saturated rings. The Morgan fingerprint density at radius 2 is 1.80 bits per heavy atom. The Balaban J connectivity index is 1.90. The van der Waals surface area contributed by atoms with Crippen molar-refractivity contribution in [1.82, 2.24) is 4.31 Å². The van der Waals surface area contributed by atoms with Crippen LogP contribution in [0.2, 0.25) is 0 Å². The van der Waals surface area contributed by atoms with Crippen LogP contribution in [-0.4, -0.2) is 51.5 Å². The number of allylic oxidation sites excluding steroid dienone is 3. The first kappa shape index (κ1) is 28.8. The van der Waals surface area contributed by atoms with E-state index in [9.17, 15) is 18.0 Å². The van der Waals surface area contributed by atoms with Crippen molar-refractivity contribution in [1.29, 1.82) is 0 Å². The van der Waals surface area contributed by atoms with Crippen LogP contribution in [0.1, 0.15) is 58.4 Å². The highest BCUT2D eigenvalue weighted by Crippen LogP contribution is 2.35. The molecule has 3 atom stereocenters. The van der Waals surface area contributed by atoms with Crippen LogP contribution in [-0.2, 0) is 34.8 Å². The summed E-state index contributed by atoms with van der Waals surface area (Å²) in [5, 5.41) is 0. The predicted octanol–water partition coefficient (Wildman–Crippen LogP) is 4.64. The van der Waals surface area contributed by atoms with Crippen LogP contribution in [0, 0.1) is 11.8 Å². The Morgan fingerprint density at radius 1 is 1.11 bits per heavy atom. The standard InChI is InChI=1S/C27H39NO6S/c1-20(15-21(2)16-22(3)17-26(29)34-5)11-9-10-14-25-24(18-33-4)27(30)28(25)35(31,32)19-23-12-7-6-8-13-23/h6-8,12-13,16-17,20,24-25H,9-11,14-15,18-19H2,1-5H3/b21-16+,22-17+/t20-,24+,25-/m1/s1. The molecular formula is C27H39NO6S. The summed E-state index contributed by atoms with van der Waals surface area (Å²) in [6.45, 7) is 6.35. The molecule has 2 rings (SSSR count). The zero-order valence-electron chi connectivity index (χ0n) is 21.5. The molecular weight excluding hydrogens is 466 g/mol. The number of unbranched alkanes of at least 4 members (excludes halogenated alkanes) is 1. The van der Waals surface area contributed by atoms with Crippen molar-refractivity contribution in [2.75, 3.05) is 20.8 Å². The molecule has 0 saturated carbocycles. The Labute approximate surface area is 210 Å². The molecule has 7 nitrogen and oxygen atoms in total. The largest absolute Gasteiger partial charge is 0.466 e. The van der Waals surface area contributed by atoms with Gasteiger partial charge in [0.25, 0.3) is 0 Å². The molecule has 0 unspecified atom stereocenters. The van der Waals surface area contributed by atoms with Crippen LogP contribution in [0.4, 0.5) is 0 Å². The Bertz CT molecular complexity index is 1020. The molecule has 194 valence electrons. The minimum Gasteiger partial charge on any atom is -0.466 e. The number of methoxy groups -OCH3 is 2. The van der Waals surface area contributed by atoms with Crippen LogP contribution in [0.5, 0.6) is 0 Å². The number of amides is 1. The molecule has 8 heteroatoms. The Morgan fingerprint density at radius 3 is 2.43 bits per heavy atom. The average Bonchev–Trinajstić information content (AvgIpc) is 2.78. The number of benzene rings is 1. The number of β-lactam (4-membered cyclic amide) rings is 1. The zero-order chi connectivity index (χ0) is 26.0. The third-order valence-corrected chi connectivity index (χ3v) is 8.02. The van der Waals surface area contributed by atoms with Crippen molar-refractivity contribution in [3.63, 3.8) is 0 Å². The Kier molecular flexibility index (Phi) is 11.2.